The van der Waals surface area contributed by atoms with Gasteiger partial charge in [-0.25, -0.2) is 4.98 Å². The zero-order valence-corrected chi connectivity index (χ0v) is 23.6. The van der Waals surface area contributed by atoms with Crippen LogP contribution >= 0.6 is 45.3 Å². The second-order valence-electron chi connectivity index (χ2n) is 6.42. The number of hydrogen-bond acceptors (Lipinski definition) is 5. The van der Waals surface area contributed by atoms with Gasteiger partial charge in [0.1, 0.15) is 11.1 Å². The lowest BCUT2D eigenvalue weighted by Crippen LogP contribution is -3.00. The molecule has 4 aromatic rings. The summed E-state index contributed by atoms with van der Waals surface area (Å²) in [5, 5.41) is 18.9. The molecule has 2 heterocycles. The smallest absolute Gasteiger partial charge is 0.309 e. The van der Waals surface area contributed by atoms with E-state index in [1.165, 1.54) is 9.40 Å². The Hall–Kier alpha value is -1.38. The molecule has 0 spiro atoms. The summed E-state index contributed by atoms with van der Waals surface area (Å²) in [4.78, 5) is 24.5. The Labute approximate surface area is 225 Å². The second kappa shape index (κ2) is 14.7. The predicted octanol–water partition coefficient (Wildman–Crippen LogP) is 2.48. The van der Waals surface area contributed by atoms with Crippen LogP contribution in [-0.4, -0.2) is 31.6 Å². The molecule has 0 amide bonds. The van der Waals surface area contributed by atoms with Gasteiger partial charge in [0.25, 0.3) is 0 Å². The van der Waals surface area contributed by atoms with Crippen LogP contribution in [0.2, 0.25) is 0 Å². The first-order valence-corrected chi connectivity index (χ1v) is 12.7. The van der Waals surface area contributed by atoms with Crippen molar-refractivity contribution in [2.24, 2.45) is 0 Å². The summed E-state index contributed by atoms with van der Waals surface area (Å²) < 4.78 is 5.25. The lowest BCUT2D eigenvalue weighted by molar-refractivity contribution is -0.671. The number of carbonyl (C=O) groups is 2. The lowest BCUT2D eigenvalue weighted by atomic mass is 10.3. The molecule has 0 saturated carbocycles. The molecule has 172 valence electrons. The number of carboxylic acids is 2. The molecule has 0 fully saturated rings. The van der Waals surface area contributed by atoms with E-state index in [9.17, 15) is 9.59 Å². The molecule has 0 atom stereocenters. The molecule has 0 aliphatic rings. The highest BCUT2D eigenvalue weighted by molar-refractivity contribution is 14.1. The number of alkyl halides is 1. The van der Waals surface area contributed by atoms with Gasteiger partial charge in [-0.2, -0.15) is 4.57 Å². The molecule has 2 aromatic carbocycles. The normalized spacial score (nSPS) is 9.84. The molecule has 2 N–H and O–H groups in total. The van der Waals surface area contributed by atoms with Gasteiger partial charge in [-0.3, -0.25) is 9.59 Å². The molecule has 10 heteroatoms. The number of para-hydroxylation sites is 2. The molecular formula is C22H24I2N2O4S2. The summed E-state index contributed by atoms with van der Waals surface area (Å²) in [6.07, 6.45) is 0.451. The van der Waals surface area contributed by atoms with E-state index in [-0.39, 0.29) is 36.8 Å². The van der Waals surface area contributed by atoms with Crippen molar-refractivity contribution in [2.45, 2.75) is 33.2 Å². The average Bonchev–Trinajstić information content (AvgIpc) is 3.25. The summed E-state index contributed by atoms with van der Waals surface area (Å²) >= 11 is 5.46. The van der Waals surface area contributed by atoms with Crippen molar-refractivity contribution < 1.29 is 48.3 Å². The topological polar surface area (TPSA) is 91.4 Å². The van der Waals surface area contributed by atoms with Crippen LogP contribution < -0.4 is 28.5 Å². The largest absolute Gasteiger partial charge is 1.00 e. The lowest BCUT2D eigenvalue weighted by Gasteiger charge is -1.93. The fourth-order valence-corrected chi connectivity index (χ4v) is 5.04. The van der Waals surface area contributed by atoms with Crippen LogP contribution in [0.3, 0.4) is 0 Å². The fourth-order valence-electron chi connectivity index (χ4n) is 2.70. The molecule has 0 aliphatic heterocycles. The number of aromatic nitrogens is 2. The van der Waals surface area contributed by atoms with E-state index in [2.05, 4.69) is 21.7 Å². The van der Waals surface area contributed by atoms with Crippen LogP contribution in [0.1, 0.15) is 22.9 Å². The monoisotopic (exact) mass is 698 g/mol. The van der Waals surface area contributed by atoms with E-state index in [0.29, 0.717) is 11.0 Å². The maximum atomic E-state index is 10.5. The maximum Gasteiger partial charge on any atom is 0.309 e. The number of nitrogens with zero attached hydrogens (tertiary/aromatic N) is 2. The summed E-state index contributed by atoms with van der Waals surface area (Å²) in [6, 6.07) is 16.3. The van der Waals surface area contributed by atoms with E-state index < -0.39 is 11.9 Å². The summed E-state index contributed by atoms with van der Waals surface area (Å²) in [5.41, 5.74) is 2.24. The van der Waals surface area contributed by atoms with E-state index >= 15 is 0 Å². The van der Waals surface area contributed by atoms with E-state index in [1.54, 1.807) is 22.7 Å². The summed E-state index contributed by atoms with van der Waals surface area (Å²) in [7, 11) is 0. The Balaban J connectivity index is 0.000000261. The summed E-state index contributed by atoms with van der Waals surface area (Å²) in [6.45, 7) is 4.60. The third-order valence-corrected chi connectivity index (χ3v) is 6.62. The molecule has 0 unspecified atom stereocenters. The van der Waals surface area contributed by atoms with Crippen molar-refractivity contribution in [3.05, 3.63) is 58.5 Å². The molecule has 6 nitrogen and oxygen atoms in total. The van der Waals surface area contributed by atoms with E-state index in [1.807, 2.05) is 72.8 Å². The third-order valence-electron chi connectivity index (χ3n) is 4.05. The highest BCUT2D eigenvalue weighted by Gasteiger charge is 2.17. The van der Waals surface area contributed by atoms with Crippen LogP contribution in [0.25, 0.3) is 20.4 Å². The number of aliphatic carboxylic acids is 2. The van der Waals surface area contributed by atoms with Crippen LogP contribution in [0.5, 0.6) is 0 Å². The highest BCUT2D eigenvalue weighted by Crippen LogP contribution is 2.20. The molecule has 2 aromatic heterocycles. The Morgan fingerprint density at radius 3 is 2.09 bits per heavy atom. The zero-order valence-electron chi connectivity index (χ0n) is 17.6. The minimum absolute atomic E-state index is 0. The number of hydrogen-bond donors (Lipinski definition) is 2. The van der Waals surface area contributed by atoms with Crippen LogP contribution in [0.4, 0.5) is 0 Å². The van der Waals surface area contributed by atoms with E-state index in [4.69, 9.17) is 10.2 Å². The molecule has 0 bridgehead atoms. The number of thiazole rings is 2. The molecular weight excluding hydrogens is 674 g/mol. The number of aryl methyl sites for hydroxylation is 3. The SMILES string of the molecule is Cc1nc2ccccc2s1.Cc1sc2ccccc2[n+]1CCC(=O)O.O=C(O)CCI.[I-]. The summed E-state index contributed by atoms with van der Waals surface area (Å²) in [5.74, 6) is -1.47. The number of carboxylic acid groups (broad SMARTS) is 2. The van der Waals surface area contributed by atoms with Crippen molar-refractivity contribution in [1.29, 1.82) is 0 Å². The molecule has 32 heavy (non-hydrogen) atoms. The van der Waals surface area contributed by atoms with Gasteiger partial charge < -0.3 is 34.2 Å². The molecule has 0 aliphatic carbocycles. The zero-order chi connectivity index (χ0) is 22.8. The number of fused-ring (bicyclic) bond motifs is 2. The highest BCUT2D eigenvalue weighted by atomic mass is 127. The number of benzene rings is 2. The van der Waals surface area contributed by atoms with Gasteiger partial charge in [-0.05, 0) is 25.1 Å². The van der Waals surface area contributed by atoms with Crippen LogP contribution in [0.15, 0.2) is 48.5 Å². The Morgan fingerprint density at radius 1 is 0.938 bits per heavy atom. The first-order chi connectivity index (χ1) is 14.8. The van der Waals surface area contributed by atoms with Crippen LogP contribution in [0, 0.1) is 13.8 Å². The van der Waals surface area contributed by atoms with Gasteiger partial charge in [0.05, 0.1) is 21.6 Å². The first kappa shape index (κ1) is 28.7. The number of halogens is 2. The van der Waals surface area contributed by atoms with E-state index in [0.717, 1.165) is 21.0 Å². The van der Waals surface area contributed by atoms with Crippen molar-refractivity contribution in [2.75, 3.05) is 4.43 Å². The average molecular weight is 698 g/mol. The third kappa shape index (κ3) is 9.24. The van der Waals surface area contributed by atoms with Crippen LogP contribution in [-0.2, 0) is 16.1 Å². The van der Waals surface area contributed by atoms with Crippen molar-refractivity contribution in [3.8, 4) is 0 Å². The fraction of sp³-hybridized carbons (Fsp3) is 0.273. The predicted molar refractivity (Wildman–Crippen MR) is 135 cm³/mol. The minimum atomic E-state index is -0.753. The minimum Gasteiger partial charge on any atom is -1.00 e. The van der Waals surface area contributed by atoms with Crippen molar-refractivity contribution in [3.63, 3.8) is 0 Å². The quantitative estimate of drug-likeness (QED) is 0.190. The van der Waals surface area contributed by atoms with Crippen molar-refractivity contribution >= 4 is 77.6 Å². The number of rotatable bonds is 5. The molecule has 0 saturated heterocycles. The maximum absolute atomic E-state index is 10.5. The van der Waals surface area contributed by atoms with Gasteiger partial charge in [0, 0.05) is 17.4 Å². The first-order valence-electron chi connectivity index (χ1n) is 9.51. The Bertz CT molecular complexity index is 1130. The van der Waals surface area contributed by atoms with Gasteiger partial charge in [0.15, 0.2) is 6.54 Å². The van der Waals surface area contributed by atoms with Crippen molar-refractivity contribution in [1.82, 2.24) is 4.98 Å². The van der Waals surface area contributed by atoms with Gasteiger partial charge in [-0.15, -0.1) is 11.3 Å². The van der Waals surface area contributed by atoms with Gasteiger partial charge in [-0.1, -0.05) is 58.2 Å². The van der Waals surface area contributed by atoms with Gasteiger partial charge in [0.2, 0.25) is 10.5 Å². The standard InChI is InChI=1S/C11H11NO2S.C8H7NS.C3H5IO2.HI/c1-8-12(7-6-11(13)14)9-4-2-3-5-10(9)15-8;1-6-9-7-4-2-3-5-8(7)10-6;4-2-1-3(5)6;/h2-5H,6-7H2,1H3;2-5H,1H3;1-2H2,(H,5,6);1H. The Kier molecular flexibility index (Phi) is 13.2. The molecule has 4 rings (SSSR count). The second-order valence-corrected chi connectivity index (χ2v) is 9.97. The Morgan fingerprint density at radius 2 is 1.53 bits per heavy atom. The molecule has 0 radical (unpaired) electrons. The van der Waals surface area contributed by atoms with Gasteiger partial charge >= 0.3 is 11.9 Å².